The van der Waals surface area contributed by atoms with Crippen LogP contribution in [0.15, 0.2) is 36.0 Å². The zero-order valence-corrected chi connectivity index (χ0v) is 16.8. The highest BCUT2D eigenvalue weighted by molar-refractivity contribution is 5.92. The van der Waals surface area contributed by atoms with Crippen LogP contribution < -0.4 is 9.47 Å². The predicted molar refractivity (Wildman–Crippen MR) is 106 cm³/mol. The van der Waals surface area contributed by atoms with Crippen LogP contribution >= 0.6 is 0 Å². The summed E-state index contributed by atoms with van der Waals surface area (Å²) in [6, 6.07) is 5.72. The van der Waals surface area contributed by atoms with Crippen molar-refractivity contribution in [2.45, 2.75) is 45.8 Å². The second kappa shape index (κ2) is 8.34. The highest BCUT2D eigenvalue weighted by Gasteiger charge is 2.35. The fraction of sp³-hybridized carbons (Fsp3) is 0.476. The molecular formula is C21H26N4O3. The summed E-state index contributed by atoms with van der Waals surface area (Å²) in [6.07, 6.45) is 9.96. The number of benzene rings is 1. The number of methoxy groups -OCH3 is 1. The zero-order valence-electron chi connectivity index (χ0n) is 16.8. The summed E-state index contributed by atoms with van der Waals surface area (Å²) in [5.74, 6) is 4.16. The third kappa shape index (κ3) is 4.45. The SMILES string of the molecule is C#CCON=C(C(CC1Cc2cc(OC)ccc2O1)n1cncn1)C(C)(C)C. The maximum atomic E-state index is 6.18. The molecule has 2 atom stereocenters. The third-order valence-corrected chi connectivity index (χ3v) is 4.65. The number of oxime groups is 1. The zero-order chi connectivity index (χ0) is 20.1. The lowest BCUT2D eigenvalue weighted by Gasteiger charge is -2.29. The molecule has 1 aliphatic rings. The van der Waals surface area contributed by atoms with Gasteiger partial charge in [-0.2, -0.15) is 5.10 Å². The molecule has 0 radical (unpaired) electrons. The molecule has 7 heteroatoms. The van der Waals surface area contributed by atoms with Gasteiger partial charge in [0.2, 0.25) is 0 Å². The van der Waals surface area contributed by atoms with Crippen molar-refractivity contribution in [3.05, 3.63) is 36.4 Å². The van der Waals surface area contributed by atoms with Crippen molar-refractivity contribution < 1.29 is 14.3 Å². The molecule has 2 unspecified atom stereocenters. The van der Waals surface area contributed by atoms with E-state index in [1.807, 2.05) is 18.2 Å². The first-order valence-electron chi connectivity index (χ1n) is 9.24. The minimum atomic E-state index is -0.250. The highest BCUT2D eigenvalue weighted by atomic mass is 16.6. The van der Waals surface area contributed by atoms with Crippen molar-refractivity contribution in [3.63, 3.8) is 0 Å². The van der Waals surface area contributed by atoms with E-state index in [1.54, 1.807) is 18.1 Å². The molecule has 3 rings (SSSR count). The maximum Gasteiger partial charge on any atom is 0.177 e. The Balaban J connectivity index is 1.85. The third-order valence-electron chi connectivity index (χ3n) is 4.65. The number of fused-ring (bicyclic) bond motifs is 1. The lowest BCUT2D eigenvalue weighted by molar-refractivity contribution is 0.167. The van der Waals surface area contributed by atoms with Crippen molar-refractivity contribution in [1.29, 1.82) is 0 Å². The van der Waals surface area contributed by atoms with E-state index >= 15 is 0 Å². The molecule has 2 aromatic rings. The van der Waals surface area contributed by atoms with Crippen molar-refractivity contribution in [2.75, 3.05) is 13.7 Å². The monoisotopic (exact) mass is 382 g/mol. The largest absolute Gasteiger partial charge is 0.497 e. The van der Waals surface area contributed by atoms with Crippen LogP contribution in [0.4, 0.5) is 0 Å². The van der Waals surface area contributed by atoms with Gasteiger partial charge in [-0.05, 0) is 18.2 Å². The van der Waals surface area contributed by atoms with Crippen LogP contribution in [0.5, 0.6) is 11.5 Å². The van der Waals surface area contributed by atoms with Gasteiger partial charge in [-0.1, -0.05) is 31.8 Å². The van der Waals surface area contributed by atoms with E-state index < -0.39 is 0 Å². The van der Waals surface area contributed by atoms with Crippen LogP contribution in [-0.2, 0) is 11.3 Å². The first-order chi connectivity index (χ1) is 13.4. The van der Waals surface area contributed by atoms with Crippen LogP contribution in [-0.4, -0.2) is 40.3 Å². The number of hydrogen-bond acceptors (Lipinski definition) is 6. The predicted octanol–water partition coefficient (Wildman–Crippen LogP) is 3.27. The van der Waals surface area contributed by atoms with Crippen LogP contribution in [0.1, 0.15) is 38.8 Å². The van der Waals surface area contributed by atoms with Gasteiger partial charge in [0, 0.05) is 23.8 Å². The molecule has 1 aromatic heterocycles. The summed E-state index contributed by atoms with van der Waals surface area (Å²) < 4.78 is 13.3. The van der Waals surface area contributed by atoms with Crippen LogP contribution in [0.2, 0.25) is 0 Å². The minimum absolute atomic E-state index is 0.0171. The summed E-state index contributed by atoms with van der Waals surface area (Å²) in [4.78, 5) is 9.45. The molecule has 0 N–H and O–H groups in total. The first kappa shape index (κ1) is 19.7. The van der Waals surface area contributed by atoms with Crippen LogP contribution in [0.3, 0.4) is 0 Å². The van der Waals surface area contributed by atoms with Crippen LogP contribution in [0, 0.1) is 17.8 Å². The number of terminal acetylenes is 1. The molecule has 0 spiro atoms. The van der Waals surface area contributed by atoms with Gasteiger partial charge in [-0.3, -0.25) is 0 Å². The average molecular weight is 382 g/mol. The lowest BCUT2D eigenvalue weighted by Crippen LogP contribution is -2.35. The Labute approximate surface area is 165 Å². The molecule has 1 aromatic carbocycles. The molecule has 0 saturated heterocycles. The van der Waals surface area contributed by atoms with Gasteiger partial charge in [-0.15, -0.1) is 6.42 Å². The Hall–Kier alpha value is -3.01. The quantitative estimate of drug-likeness (QED) is 0.318. The molecule has 0 amide bonds. The molecule has 0 aliphatic carbocycles. The van der Waals surface area contributed by atoms with Gasteiger partial charge in [0.15, 0.2) is 6.61 Å². The van der Waals surface area contributed by atoms with Crippen molar-refractivity contribution >= 4 is 5.71 Å². The standard InChI is InChI=1S/C21H26N4O3/c1-6-9-27-24-20(21(2,3)4)18(25-14-22-13-23-25)12-17-11-15-10-16(26-5)7-8-19(15)28-17/h1,7-8,10,13-14,17-18H,9,11-12H2,2-5H3. The van der Waals surface area contributed by atoms with E-state index in [0.29, 0.717) is 6.42 Å². The van der Waals surface area contributed by atoms with Gasteiger partial charge in [-0.25, -0.2) is 9.67 Å². The van der Waals surface area contributed by atoms with Crippen molar-refractivity contribution in [1.82, 2.24) is 14.8 Å². The van der Waals surface area contributed by atoms with Crippen molar-refractivity contribution in [3.8, 4) is 23.8 Å². The Bertz CT molecular complexity index is 863. The van der Waals surface area contributed by atoms with E-state index in [2.05, 4.69) is 41.9 Å². The number of hydrogen-bond donors (Lipinski definition) is 0. The summed E-state index contributed by atoms with van der Waals surface area (Å²) in [6.45, 7) is 6.38. The van der Waals surface area contributed by atoms with Gasteiger partial charge in [0.1, 0.15) is 30.3 Å². The molecule has 0 saturated carbocycles. The number of ether oxygens (including phenoxy) is 2. The summed E-state index contributed by atoms with van der Waals surface area (Å²) in [5.41, 5.74) is 1.73. The number of rotatable bonds is 7. The molecule has 1 aliphatic heterocycles. The lowest BCUT2D eigenvalue weighted by atomic mass is 9.83. The summed E-state index contributed by atoms with van der Waals surface area (Å²) in [5, 5.41) is 8.72. The maximum absolute atomic E-state index is 6.18. The molecule has 7 nitrogen and oxygen atoms in total. The smallest absolute Gasteiger partial charge is 0.177 e. The minimum Gasteiger partial charge on any atom is -0.497 e. The Morgan fingerprint density at radius 2 is 2.29 bits per heavy atom. The Morgan fingerprint density at radius 1 is 1.46 bits per heavy atom. The normalized spacial score (nSPS) is 17.4. The van der Waals surface area contributed by atoms with E-state index in [0.717, 1.165) is 29.2 Å². The fourth-order valence-electron chi connectivity index (χ4n) is 3.36. The molecular weight excluding hydrogens is 356 g/mol. The van der Waals surface area contributed by atoms with Crippen LogP contribution in [0.25, 0.3) is 0 Å². The van der Waals surface area contributed by atoms with Crippen molar-refractivity contribution in [2.24, 2.45) is 10.6 Å². The second-order valence-corrected chi connectivity index (χ2v) is 7.75. The molecule has 2 heterocycles. The fourth-order valence-corrected chi connectivity index (χ4v) is 3.36. The average Bonchev–Trinajstić information content (AvgIpc) is 3.31. The molecule has 148 valence electrons. The Morgan fingerprint density at radius 3 is 2.93 bits per heavy atom. The topological polar surface area (TPSA) is 70.8 Å². The molecule has 28 heavy (non-hydrogen) atoms. The van der Waals surface area contributed by atoms with Gasteiger partial charge in [0.25, 0.3) is 0 Å². The van der Waals surface area contributed by atoms with E-state index in [4.69, 9.17) is 20.7 Å². The van der Waals surface area contributed by atoms with Gasteiger partial charge in [0.05, 0.1) is 18.9 Å². The number of nitrogens with zero attached hydrogens (tertiary/aromatic N) is 4. The molecule has 0 bridgehead atoms. The summed E-state index contributed by atoms with van der Waals surface area (Å²) in [7, 11) is 1.66. The van der Waals surface area contributed by atoms with E-state index in [1.165, 1.54) is 6.33 Å². The highest BCUT2D eigenvalue weighted by Crippen LogP contribution is 2.36. The second-order valence-electron chi connectivity index (χ2n) is 7.75. The summed E-state index contributed by atoms with van der Waals surface area (Å²) >= 11 is 0. The van der Waals surface area contributed by atoms with Gasteiger partial charge < -0.3 is 14.3 Å². The first-order valence-corrected chi connectivity index (χ1v) is 9.24. The molecule has 0 fully saturated rings. The van der Waals surface area contributed by atoms with Gasteiger partial charge >= 0.3 is 0 Å². The number of aromatic nitrogens is 3. The van der Waals surface area contributed by atoms with E-state index in [-0.39, 0.29) is 24.2 Å². The Kier molecular flexibility index (Phi) is 5.88. The van der Waals surface area contributed by atoms with E-state index in [9.17, 15) is 0 Å².